The molecule has 0 nitrogen and oxygen atoms in total. The molecule has 0 atom stereocenters. The number of fused-ring (bicyclic) bond motifs is 6. The SMILES string of the molecule is CCc1ccc2c(c1)[cH-]c1cc(CC)ccc12.CCc1ccc2c(c1)[cH-]c1cc(CC)ccc12.[Cl-].[Cl-].[Zr+2].[Zr+2]. The van der Waals surface area contributed by atoms with Crippen molar-refractivity contribution in [1.29, 1.82) is 0 Å². The van der Waals surface area contributed by atoms with Crippen LogP contribution in [0.3, 0.4) is 0 Å². The molecule has 0 amide bonds. The van der Waals surface area contributed by atoms with Crippen LogP contribution < -0.4 is 24.8 Å². The predicted molar refractivity (Wildman–Crippen MR) is 152 cm³/mol. The number of hydrogen-bond donors (Lipinski definition) is 0. The molecule has 6 rings (SSSR count). The molecule has 0 saturated heterocycles. The fourth-order valence-corrected chi connectivity index (χ4v) is 5.12. The van der Waals surface area contributed by atoms with Gasteiger partial charge in [0.1, 0.15) is 0 Å². The van der Waals surface area contributed by atoms with Crippen LogP contribution in [0.1, 0.15) is 49.9 Å². The van der Waals surface area contributed by atoms with E-state index in [1.54, 1.807) is 0 Å². The number of benzene rings is 4. The zero-order valence-corrected chi connectivity index (χ0v) is 29.1. The Kier molecular flexibility index (Phi) is 14.4. The first-order valence-electron chi connectivity index (χ1n) is 12.8. The van der Waals surface area contributed by atoms with Crippen LogP contribution in [-0.2, 0) is 78.1 Å². The summed E-state index contributed by atoms with van der Waals surface area (Å²) in [5.74, 6) is 0. The fourth-order valence-electron chi connectivity index (χ4n) is 5.12. The third-order valence-electron chi connectivity index (χ3n) is 7.30. The van der Waals surface area contributed by atoms with Crippen molar-refractivity contribution in [1.82, 2.24) is 0 Å². The molecule has 6 aromatic carbocycles. The Labute approximate surface area is 278 Å². The molecule has 0 spiro atoms. The van der Waals surface area contributed by atoms with Gasteiger partial charge in [0.05, 0.1) is 0 Å². The summed E-state index contributed by atoms with van der Waals surface area (Å²) in [6, 6.07) is 32.0. The maximum atomic E-state index is 2.32. The van der Waals surface area contributed by atoms with Crippen molar-refractivity contribution in [2.24, 2.45) is 0 Å². The van der Waals surface area contributed by atoms with Gasteiger partial charge >= 0.3 is 52.4 Å². The molecular weight excluding hydrogens is 662 g/mol. The molecule has 0 heterocycles. The van der Waals surface area contributed by atoms with Gasteiger partial charge in [-0.1, -0.05) is 98.5 Å². The Morgan fingerprint density at radius 1 is 0.395 bits per heavy atom. The second-order valence-corrected chi connectivity index (χ2v) is 9.39. The number of hydrogen-bond acceptors (Lipinski definition) is 0. The average Bonchev–Trinajstić information content (AvgIpc) is 3.44. The predicted octanol–water partition coefficient (Wildman–Crippen LogP) is 3.68. The van der Waals surface area contributed by atoms with Crippen molar-refractivity contribution >= 4 is 43.1 Å². The maximum Gasteiger partial charge on any atom is 2.00 e. The van der Waals surface area contributed by atoms with Crippen molar-refractivity contribution in [3.8, 4) is 0 Å². The first-order valence-corrected chi connectivity index (χ1v) is 12.8. The topological polar surface area (TPSA) is 0 Å². The van der Waals surface area contributed by atoms with Gasteiger partial charge in [0.2, 0.25) is 0 Å². The fraction of sp³-hybridized carbons (Fsp3) is 0.235. The minimum atomic E-state index is 0. The van der Waals surface area contributed by atoms with Gasteiger partial charge in [-0.25, -0.2) is 0 Å². The van der Waals surface area contributed by atoms with Crippen LogP contribution in [0.2, 0.25) is 0 Å². The van der Waals surface area contributed by atoms with Gasteiger partial charge in [0.15, 0.2) is 0 Å². The molecule has 0 aromatic heterocycles. The second-order valence-electron chi connectivity index (χ2n) is 9.39. The Hall–Kier alpha value is -1.03. The van der Waals surface area contributed by atoms with Gasteiger partial charge in [-0.05, 0) is 25.7 Å². The first kappa shape index (κ1) is 35.0. The minimum Gasteiger partial charge on any atom is -1.00 e. The first-order chi connectivity index (χ1) is 16.6. The van der Waals surface area contributed by atoms with Gasteiger partial charge in [0.25, 0.3) is 0 Å². The van der Waals surface area contributed by atoms with Crippen LogP contribution in [0.4, 0.5) is 0 Å². The van der Waals surface area contributed by atoms with Crippen molar-refractivity contribution in [2.75, 3.05) is 0 Å². The van der Waals surface area contributed by atoms with E-state index in [1.807, 2.05) is 0 Å². The van der Waals surface area contributed by atoms with Crippen molar-refractivity contribution in [3.63, 3.8) is 0 Å². The largest absolute Gasteiger partial charge is 2.00 e. The molecule has 0 aliphatic rings. The van der Waals surface area contributed by atoms with Crippen molar-refractivity contribution in [3.05, 3.63) is 107 Å². The van der Waals surface area contributed by atoms with Gasteiger partial charge in [-0.2, -0.15) is 0 Å². The number of aryl methyl sites for hydroxylation is 4. The Morgan fingerprint density at radius 3 is 0.789 bits per heavy atom. The molecule has 38 heavy (non-hydrogen) atoms. The molecule has 0 aliphatic heterocycles. The summed E-state index contributed by atoms with van der Waals surface area (Å²) in [7, 11) is 0. The zero-order chi connectivity index (χ0) is 23.7. The van der Waals surface area contributed by atoms with Gasteiger partial charge in [-0.15, -0.1) is 79.5 Å². The number of rotatable bonds is 4. The van der Waals surface area contributed by atoms with Crippen LogP contribution in [0.5, 0.6) is 0 Å². The molecule has 0 saturated carbocycles. The third kappa shape index (κ3) is 7.18. The normalized spacial score (nSPS) is 10.2. The minimum absolute atomic E-state index is 0. The number of halogens is 2. The molecule has 6 aromatic rings. The molecule has 192 valence electrons. The summed E-state index contributed by atoms with van der Waals surface area (Å²) >= 11 is 0. The van der Waals surface area contributed by atoms with E-state index >= 15 is 0 Å². The standard InChI is InChI=1S/2C17H17.2ClH.2Zr/c2*1-3-12-5-7-16-14(9-12)11-15-10-13(4-2)6-8-17(15)16;;;;/h2*5-11H,3-4H2,1-2H3;2*1H;;/q2*-1;;;2*+2/p-2. The summed E-state index contributed by atoms with van der Waals surface area (Å²) < 4.78 is 0. The average molecular weight is 696 g/mol. The Bertz CT molecular complexity index is 1370. The summed E-state index contributed by atoms with van der Waals surface area (Å²) in [4.78, 5) is 0. The quantitative estimate of drug-likeness (QED) is 0.247. The van der Waals surface area contributed by atoms with E-state index in [0.29, 0.717) is 0 Å². The van der Waals surface area contributed by atoms with E-state index in [4.69, 9.17) is 0 Å². The summed E-state index contributed by atoms with van der Waals surface area (Å²) in [6.07, 6.45) is 4.44. The van der Waals surface area contributed by atoms with E-state index in [9.17, 15) is 0 Å². The van der Waals surface area contributed by atoms with Crippen LogP contribution >= 0.6 is 0 Å². The molecule has 0 unspecified atom stereocenters. The molecule has 0 aliphatic carbocycles. The molecule has 0 N–H and O–H groups in total. The second kappa shape index (κ2) is 15.7. The van der Waals surface area contributed by atoms with E-state index in [1.165, 1.54) is 65.3 Å². The maximum absolute atomic E-state index is 2.32. The summed E-state index contributed by atoms with van der Waals surface area (Å²) in [5.41, 5.74) is 5.68. The summed E-state index contributed by atoms with van der Waals surface area (Å²) in [5, 5.41) is 11.1. The van der Waals surface area contributed by atoms with E-state index in [2.05, 4.69) is 113 Å². The van der Waals surface area contributed by atoms with Crippen LogP contribution in [0, 0.1) is 0 Å². The Morgan fingerprint density at radius 2 is 0.605 bits per heavy atom. The molecule has 4 heteroatoms. The van der Waals surface area contributed by atoms with Gasteiger partial charge in [0, 0.05) is 0 Å². The van der Waals surface area contributed by atoms with Gasteiger partial charge < -0.3 is 24.8 Å². The molecule has 0 fully saturated rings. The van der Waals surface area contributed by atoms with Crippen LogP contribution in [-0.4, -0.2) is 0 Å². The van der Waals surface area contributed by atoms with Crippen LogP contribution in [0.25, 0.3) is 43.1 Å². The van der Waals surface area contributed by atoms with Crippen LogP contribution in [0.15, 0.2) is 84.9 Å². The summed E-state index contributed by atoms with van der Waals surface area (Å²) in [6.45, 7) is 8.83. The van der Waals surface area contributed by atoms with E-state index in [-0.39, 0.29) is 77.2 Å². The van der Waals surface area contributed by atoms with Gasteiger partial charge in [-0.3, -0.25) is 0 Å². The monoisotopic (exact) mass is 692 g/mol. The zero-order valence-electron chi connectivity index (χ0n) is 22.7. The molecule has 0 bridgehead atoms. The van der Waals surface area contributed by atoms with Crippen molar-refractivity contribution in [2.45, 2.75) is 53.4 Å². The van der Waals surface area contributed by atoms with Crippen molar-refractivity contribution < 1.29 is 77.2 Å². The Balaban J connectivity index is 0.000000344. The smallest absolute Gasteiger partial charge is 1.00 e. The third-order valence-corrected chi connectivity index (χ3v) is 7.30. The van der Waals surface area contributed by atoms with E-state index < -0.39 is 0 Å². The van der Waals surface area contributed by atoms with E-state index in [0.717, 1.165) is 25.7 Å². The molecule has 0 radical (unpaired) electrons. The molecular formula is C34H34Cl2Zr2.